The number of hydrogen-bond acceptors (Lipinski definition) is 3. The van der Waals surface area contributed by atoms with Crippen LogP contribution in [0.15, 0.2) is 89.7 Å². The minimum absolute atomic E-state index is 0.0389. The van der Waals surface area contributed by atoms with Crippen LogP contribution in [0.4, 0.5) is 0 Å². The highest BCUT2D eigenvalue weighted by molar-refractivity contribution is 6.00. The molecule has 0 N–H and O–H groups in total. The largest absolute Gasteiger partial charge is 0.469 e. The number of rotatable bonds is 7. The van der Waals surface area contributed by atoms with E-state index in [4.69, 9.17) is 9.52 Å². The molecule has 5 nitrogen and oxygen atoms in total. The van der Waals surface area contributed by atoms with Crippen molar-refractivity contribution in [1.82, 2.24) is 14.7 Å². The van der Waals surface area contributed by atoms with Crippen molar-refractivity contribution in [2.75, 3.05) is 7.05 Å². The third kappa shape index (κ3) is 4.20. The molecule has 4 aromatic rings. The molecule has 2 aromatic carbocycles. The summed E-state index contributed by atoms with van der Waals surface area (Å²) in [5, 5.41) is 4.75. The van der Waals surface area contributed by atoms with Gasteiger partial charge in [0, 0.05) is 31.3 Å². The molecular weight excluding hydrogens is 374 g/mol. The molecule has 5 heteroatoms. The molecule has 30 heavy (non-hydrogen) atoms. The monoisotopic (exact) mass is 399 g/mol. The Hall–Kier alpha value is -3.60. The van der Waals surface area contributed by atoms with Crippen molar-refractivity contribution < 1.29 is 9.21 Å². The predicted molar refractivity (Wildman–Crippen MR) is 118 cm³/mol. The number of benzene rings is 2. The van der Waals surface area contributed by atoms with E-state index >= 15 is 0 Å². The molecule has 0 aliphatic heterocycles. The van der Waals surface area contributed by atoms with Crippen molar-refractivity contribution in [3.63, 3.8) is 0 Å². The Morgan fingerprint density at radius 2 is 1.73 bits per heavy atom. The van der Waals surface area contributed by atoms with E-state index in [0.29, 0.717) is 11.3 Å². The molecule has 1 unspecified atom stereocenters. The van der Waals surface area contributed by atoms with Gasteiger partial charge in [-0.1, -0.05) is 48.5 Å². The number of furan rings is 1. The number of nitrogens with zero attached hydrogens (tertiary/aromatic N) is 3. The summed E-state index contributed by atoms with van der Waals surface area (Å²) in [4.78, 5) is 15.2. The second-order valence-electron chi connectivity index (χ2n) is 7.42. The zero-order valence-corrected chi connectivity index (χ0v) is 17.2. The molecule has 0 saturated carbocycles. The van der Waals surface area contributed by atoms with Gasteiger partial charge >= 0.3 is 0 Å². The average Bonchev–Trinajstić information content (AvgIpc) is 3.48. The first-order chi connectivity index (χ1) is 14.6. The predicted octanol–water partition coefficient (Wildman–Crippen LogP) is 5.23. The van der Waals surface area contributed by atoms with Gasteiger partial charge < -0.3 is 9.32 Å². The SMILES string of the molecule is CC(CCc1ccco1)N(C)C(=O)c1cn(-c2ccccc2)nc1-c1ccccc1. The summed E-state index contributed by atoms with van der Waals surface area (Å²) in [6, 6.07) is 23.6. The molecule has 0 aliphatic carbocycles. The number of carbonyl (C=O) groups excluding carboxylic acids is 1. The van der Waals surface area contributed by atoms with Crippen molar-refractivity contribution in [3.05, 3.63) is 96.6 Å². The van der Waals surface area contributed by atoms with Crippen LogP contribution in [0.3, 0.4) is 0 Å². The lowest BCUT2D eigenvalue weighted by Gasteiger charge is -2.24. The zero-order chi connectivity index (χ0) is 20.9. The van der Waals surface area contributed by atoms with Crippen LogP contribution in [0, 0.1) is 0 Å². The van der Waals surface area contributed by atoms with E-state index in [9.17, 15) is 4.79 Å². The van der Waals surface area contributed by atoms with Crippen molar-refractivity contribution in [2.45, 2.75) is 25.8 Å². The second kappa shape index (κ2) is 8.82. The second-order valence-corrected chi connectivity index (χ2v) is 7.42. The quantitative estimate of drug-likeness (QED) is 0.428. The molecule has 1 amide bonds. The van der Waals surface area contributed by atoms with Crippen molar-refractivity contribution in [1.29, 1.82) is 0 Å². The molecule has 0 fully saturated rings. The van der Waals surface area contributed by atoms with Gasteiger partial charge in [-0.25, -0.2) is 4.68 Å². The van der Waals surface area contributed by atoms with Crippen LogP contribution in [-0.4, -0.2) is 33.7 Å². The fourth-order valence-corrected chi connectivity index (χ4v) is 3.44. The third-order valence-electron chi connectivity index (χ3n) is 5.38. The lowest BCUT2D eigenvalue weighted by atomic mass is 10.1. The van der Waals surface area contributed by atoms with Crippen LogP contribution in [0.25, 0.3) is 16.9 Å². The topological polar surface area (TPSA) is 51.3 Å². The van der Waals surface area contributed by atoms with E-state index < -0.39 is 0 Å². The maximum atomic E-state index is 13.4. The number of carbonyl (C=O) groups is 1. The highest BCUT2D eigenvalue weighted by Gasteiger charge is 2.24. The van der Waals surface area contributed by atoms with Gasteiger partial charge in [0.05, 0.1) is 17.5 Å². The van der Waals surface area contributed by atoms with Gasteiger partial charge in [0.15, 0.2) is 0 Å². The van der Waals surface area contributed by atoms with Crippen LogP contribution in [0.1, 0.15) is 29.5 Å². The maximum absolute atomic E-state index is 13.4. The number of para-hydroxylation sites is 1. The molecule has 0 aliphatic rings. The summed E-state index contributed by atoms with van der Waals surface area (Å²) < 4.78 is 7.20. The number of hydrogen-bond donors (Lipinski definition) is 0. The van der Waals surface area contributed by atoms with Crippen molar-refractivity contribution >= 4 is 5.91 Å². The minimum Gasteiger partial charge on any atom is -0.469 e. The highest BCUT2D eigenvalue weighted by atomic mass is 16.3. The van der Waals surface area contributed by atoms with E-state index in [1.54, 1.807) is 15.8 Å². The molecular formula is C25H25N3O2. The summed E-state index contributed by atoms with van der Waals surface area (Å²) in [6.45, 7) is 2.06. The maximum Gasteiger partial charge on any atom is 0.257 e. The summed E-state index contributed by atoms with van der Waals surface area (Å²) in [6.07, 6.45) is 5.12. The molecule has 2 aromatic heterocycles. The lowest BCUT2D eigenvalue weighted by Crippen LogP contribution is -2.35. The average molecular weight is 399 g/mol. The van der Waals surface area contributed by atoms with Crippen LogP contribution in [-0.2, 0) is 6.42 Å². The number of aryl methyl sites for hydroxylation is 1. The van der Waals surface area contributed by atoms with E-state index in [-0.39, 0.29) is 11.9 Å². The molecule has 0 bridgehead atoms. The van der Waals surface area contributed by atoms with Crippen LogP contribution >= 0.6 is 0 Å². The summed E-state index contributed by atoms with van der Waals surface area (Å²) in [5.41, 5.74) is 3.13. The molecule has 0 radical (unpaired) electrons. The summed E-state index contributed by atoms with van der Waals surface area (Å²) >= 11 is 0. The van der Waals surface area contributed by atoms with Gasteiger partial charge in [-0.2, -0.15) is 5.10 Å². The Balaban J connectivity index is 1.62. The summed E-state index contributed by atoms with van der Waals surface area (Å²) in [5.74, 6) is 0.896. The molecule has 152 valence electrons. The Morgan fingerprint density at radius 1 is 1.03 bits per heavy atom. The Morgan fingerprint density at radius 3 is 2.40 bits per heavy atom. The Bertz CT molecular complexity index is 1090. The number of amides is 1. The van der Waals surface area contributed by atoms with Crippen LogP contribution in [0.2, 0.25) is 0 Å². The minimum atomic E-state index is -0.0389. The molecule has 0 spiro atoms. The zero-order valence-electron chi connectivity index (χ0n) is 17.2. The molecule has 4 rings (SSSR count). The molecule has 2 heterocycles. The normalized spacial score (nSPS) is 11.9. The first-order valence-corrected chi connectivity index (χ1v) is 10.1. The van der Waals surface area contributed by atoms with Crippen molar-refractivity contribution in [3.8, 4) is 16.9 Å². The molecule has 0 saturated heterocycles. The van der Waals surface area contributed by atoms with Gasteiger partial charge in [-0.15, -0.1) is 0 Å². The first kappa shape index (κ1) is 19.7. The van der Waals surface area contributed by atoms with Gasteiger partial charge in [0.2, 0.25) is 0 Å². The first-order valence-electron chi connectivity index (χ1n) is 10.1. The van der Waals surface area contributed by atoms with E-state index in [0.717, 1.165) is 29.9 Å². The smallest absolute Gasteiger partial charge is 0.257 e. The summed E-state index contributed by atoms with van der Waals surface area (Å²) in [7, 11) is 1.85. The van der Waals surface area contributed by atoms with E-state index in [2.05, 4.69) is 6.92 Å². The van der Waals surface area contributed by atoms with Crippen molar-refractivity contribution in [2.24, 2.45) is 0 Å². The van der Waals surface area contributed by atoms with E-state index in [1.165, 1.54) is 0 Å². The Kier molecular flexibility index (Phi) is 5.80. The van der Waals surface area contributed by atoms with Crippen LogP contribution < -0.4 is 0 Å². The Labute approximate surface area is 176 Å². The highest BCUT2D eigenvalue weighted by Crippen LogP contribution is 2.25. The fraction of sp³-hybridized carbons (Fsp3) is 0.200. The van der Waals surface area contributed by atoms with Crippen LogP contribution in [0.5, 0.6) is 0 Å². The number of aromatic nitrogens is 2. The van der Waals surface area contributed by atoms with Gasteiger partial charge in [-0.05, 0) is 37.6 Å². The van der Waals surface area contributed by atoms with Gasteiger partial charge in [-0.3, -0.25) is 4.79 Å². The third-order valence-corrected chi connectivity index (χ3v) is 5.38. The fourth-order valence-electron chi connectivity index (χ4n) is 3.44. The standard InChI is InChI=1S/C25H25N3O2/c1-19(15-16-22-14-9-17-30-22)27(2)25(29)23-18-28(21-12-7-4-8-13-21)26-24(23)20-10-5-3-6-11-20/h3-14,17-19H,15-16H2,1-2H3. The van der Waals surface area contributed by atoms with Gasteiger partial charge in [0.1, 0.15) is 11.5 Å². The molecule has 1 atom stereocenters. The van der Waals surface area contributed by atoms with E-state index in [1.807, 2.05) is 86.0 Å². The lowest BCUT2D eigenvalue weighted by molar-refractivity contribution is 0.0737. The van der Waals surface area contributed by atoms with Gasteiger partial charge in [0.25, 0.3) is 5.91 Å².